The van der Waals surface area contributed by atoms with Gasteiger partial charge >= 0.3 is 0 Å². The normalized spacial score (nSPS) is 11.2. The SMILES string of the molecule is Brc1ccc2ccoc2c1.Brc1cccc2occc12.CCC(N)c1ccc2ccoc2c1.CCC(N)c1cccc2occc12.CCOC(COc1cccc(Br)c1)OCC.O=Cc1ccc2ccoc2c1.O=Cc1cccc2occc12.Oc1cccc(Br)c1. The van der Waals surface area contributed by atoms with Gasteiger partial charge in [0.25, 0.3) is 0 Å². The van der Waals surface area contributed by atoms with Gasteiger partial charge in [-0.05, 0) is 159 Å². The average molecular weight is 1500 g/mol. The van der Waals surface area contributed by atoms with Crippen molar-refractivity contribution in [1.29, 1.82) is 0 Å². The van der Waals surface area contributed by atoms with E-state index in [1.54, 1.807) is 86.1 Å². The first kappa shape index (κ1) is 71.1. The summed E-state index contributed by atoms with van der Waals surface area (Å²) < 4.78 is 51.5. The summed E-state index contributed by atoms with van der Waals surface area (Å²) in [5, 5.41) is 15.2. The number of phenolic OH excluding ortho intramolecular Hbond substituents is 1. The Bertz CT molecular complexity index is 4440. The molecule has 0 fully saturated rings. The average Bonchev–Trinajstić information content (AvgIpc) is 2.55. The number of carbonyl (C=O) groups excluding carboxylic acids is 2. The molecule has 0 radical (unpaired) electrons. The molecule has 0 saturated carbocycles. The van der Waals surface area contributed by atoms with Crippen molar-refractivity contribution in [3.8, 4) is 11.5 Å². The van der Waals surface area contributed by atoms with Gasteiger partial charge in [-0.15, -0.1) is 0 Å². The molecule has 14 aromatic rings. The predicted octanol–water partition coefficient (Wildman–Crippen LogP) is 21.9. The quantitative estimate of drug-likeness (QED) is 0.0724. The molecule has 0 aliphatic carbocycles. The van der Waals surface area contributed by atoms with E-state index < -0.39 is 0 Å². The Morgan fingerprint density at radius 1 is 0.446 bits per heavy atom. The van der Waals surface area contributed by atoms with Crippen LogP contribution in [0.5, 0.6) is 11.5 Å². The number of benzene rings is 8. The summed E-state index contributed by atoms with van der Waals surface area (Å²) >= 11 is 13.4. The molecule has 5 N–H and O–H groups in total. The smallest absolute Gasteiger partial charge is 0.191 e. The number of halogens is 4. The zero-order valence-electron chi connectivity index (χ0n) is 51.0. The van der Waals surface area contributed by atoms with Crippen LogP contribution < -0.4 is 16.2 Å². The topological polar surface area (TPSA) is 213 Å². The number of fused-ring (bicyclic) bond motifs is 6. The summed E-state index contributed by atoms with van der Waals surface area (Å²) in [5.74, 6) is 1.10. The van der Waals surface area contributed by atoms with E-state index in [-0.39, 0.29) is 18.4 Å². The standard InChI is InChI=1S/C12H17BrO3.2C11H13NO.2C9H6O2.2C8H5BrO.C6H5BrO/c1-3-14-12(15-4-2)9-16-11-7-5-6-10(13)8-11;1-2-10(12)9-4-3-8-5-6-13-11(8)7-9;1-2-10(12)8-4-3-5-11-9(8)6-7-13-11;10-6-7-1-2-8-3-4-11-9(8)5-7;10-6-7-2-1-3-9-8(7)4-5-11-9;9-7-2-1-6-3-4-10-8(6)5-7;9-7-2-1-3-8-6(7)4-5-10-8;7-5-2-1-3-6(8)4-5/h5-8,12H,3-4,9H2,1-2H3;2*3-7,10H,2,12H2,1H3;2*1-6H;2*1-5H;1-4,8H. The van der Waals surface area contributed by atoms with Crippen LogP contribution in [0.15, 0.2) is 276 Å². The Labute approximate surface area is 566 Å². The minimum absolute atomic E-state index is 0.112. The molecule has 2 unspecified atom stereocenters. The summed E-state index contributed by atoms with van der Waals surface area (Å²) in [5.41, 5.74) is 20.7. The Morgan fingerprint density at radius 2 is 0.935 bits per heavy atom. The van der Waals surface area contributed by atoms with Gasteiger partial charge in [-0.25, -0.2) is 0 Å². The van der Waals surface area contributed by atoms with Crippen LogP contribution in [0.1, 0.15) is 84.5 Å². The molecule has 0 amide bonds. The molecule has 18 heteroatoms. The molecule has 14 rings (SSSR count). The second-order valence-corrected chi connectivity index (χ2v) is 23.4. The van der Waals surface area contributed by atoms with E-state index in [0.717, 1.165) is 120 Å². The summed E-state index contributed by atoms with van der Waals surface area (Å²) in [6.07, 6.45) is 13.2. The second kappa shape index (κ2) is 37.9. The molecule has 8 aromatic carbocycles. The molecule has 476 valence electrons. The van der Waals surface area contributed by atoms with Crippen molar-refractivity contribution in [3.05, 3.63) is 272 Å². The summed E-state index contributed by atoms with van der Waals surface area (Å²) in [6, 6.07) is 61.1. The molecular weight excluding hydrogens is 1430 g/mol. The third-order valence-electron chi connectivity index (χ3n) is 13.5. The monoisotopic (exact) mass is 1490 g/mol. The minimum Gasteiger partial charge on any atom is -0.508 e. The number of rotatable bonds is 13. The number of phenols is 1. The van der Waals surface area contributed by atoms with Crippen LogP contribution in [-0.4, -0.2) is 43.8 Å². The number of aldehydes is 2. The van der Waals surface area contributed by atoms with Crippen LogP contribution in [0.4, 0.5) is 0 Å². The number of ether oxygens (including phenoxy) is 3. The number of carbonyl (C=O) groups is 2. The van der Waals surface area contributed by atoms with Crippen molar-refractivity contribution in [2.24, 2.45) is 11.5 Å². The number of hydrogen-bond acceptors (Lipinski definition) is 14. The van der Waals surface area contributed by atoms with Crippen LogP contribution in [0.3, 0.4) is 0 Å². The van der Waals surface area contributed by atoms with Gasteiger partial charge in [-0.1, -0.05) is 150 Å². The first-order chi connectivity index (χ1) is 44.7. The fourth-order valence-corrected chi connectivity index (χ4v) is 10.3. The van der Waals surface area contributed by atoms with Gasteiger partial charge in [0.15, 0.2) is 12.6 Å². The molecule has 0 aliphatic heterocycles. The Balaban J connectivity index is 0.000000150. The van der Waals surface area contributed by atoms with E-state index in [4.69, 9.17) is 57.3 Å². The van der Waals surface area contributed by atoms with Crippen LogP contribution in [0.2, 0.25) is 0 Å². The molecular formula is C74H70Br4N2O12. The van der Waals surface area contributed by atoms with Crippen molar-refractivity contribution in [1.82, 2.24) is 0 Å². The van der Waals surface area contributed by atoms with Gasteiger partial charge in [0, 0.05) is 86.6 Å². The maximum absolute atomic E-state index is 10.5. The van der Waals surface area contributed by atoms with E-state index in [2.05, 4.69) is 89.7 Å². The lowest BCUT2D eigenvalue weighted by Gasteiger charge is -2.17. The highest BCUT2D eigenvalue weighted by molar-refractivity contribution is 9.11. The van der Waals surface area contributed by atoms with E-state index in [0.29, 0.717) is 36.7 Å². The molecule has 0 bridgehead atoms. The highest BCUT2D eigenvalue weighted by Crippen LogP contribution is 2.28. The zero-order valence-corrected chi connectivity index (χ0v) is 57.3. The van der Waals surface area contributed by atoms with Gasteiger partial charge in [0.1, 0.15) is 57.9 Å². The van der Waals surface area contributed by atoms with E-state index in [9.17, 15) is 9.59 Å². The maximum atomic E-state index is 10.5. The lowest BCUT2D eigenvalue weighted by molar-refractivity contribution is -0.152. The largest absolute Gasteiger partial charge is 0.508 e. The molecule has 92 heavy (non-hydrogen) atoms. The molecule has 14 nitrogen and oxygen atoms in total. The molecule has 6 heterocycles. The van der Waals surface area contributed by atoms with Crippen LogP contribution in [-0.2, 0) is 9.47 Å². The second-order valence-electron chi connectivity index (χ2n) is 19.8. The van der Waals surface area contributed by atoms with Crippen LogP contribution in [0.25, 0.3) is 65.8 Å². The molecule has 6 aromatic heterocycles. The molecule has 0 saturated heterocycles. The van der Waals surface area contributed by atoms with E-state index in [1.807, 2.05) is 147 Å². The Kier molecular flexibility index (Phi) is 29.3. The first-order valence-corrected chi connectivity index (χ1v) is 32.5. The predicted molar refractivity (Wildman–Crippen MR) is 380 cm³/mol. The van der Waals surface area contributed by atoms with Crippen molar-refractivity contribution in [2.45, 2.75) is 58.9 Å². The fraction of sp³-hybridized carbons (Fsp3) is 0.162. The van der Waals surface area contributed by atoms with Crippen LogP contribution >= 0.6 is 63.7 Å². The number of furan rings is 6. The van der Waals surface area contributed by atoms with Gasteiger partial charge in [0.05, 0.1) is 37.6 Å². The lowest BCUT2D eigenvalue weighted by atomic mass is 10.0. The maximum Gasteiger partial charge on any atom is 0.191 e. The van der Waals surface area contributed by atoms with Crippen molar-refractivity contribution >= 4 is 142 Å². The third-order valence-corrected chi connectivity index (χ3v) is 15.7. The van der Waals surface area contributed by atoms with Crippen molar-refractivity contribution in [3.63, 3.8) is 0 Å². The Morgan fingerprint density at radius 3 is 1.50 bits per heavy atom. The zero-order chi connectivity index (χ0) is 65.6. The number of aromatic hydroxyl groups is 1. The third kappa shape index (κ3) is 21.9. The van der Waals surface area contributed by atoms with Crippen LogP contribution in [0, 0.1) is 0 Å². The number of hydrogen-bond donors (Lipinski definition) is 3. The molecule has 0 aliphatic rings. The highest BCUT2D eigenvalue weighted by Gasteiger charge is 2.11. The molecule has 0 spiro atoms. The summed E-state index contributed by atoms with van der Waals surface area (Å²) in [4.78, 5) is 20.8. The van der Waals surface area contributed by atoms with Gasteiger partial charge < -0.3 is 57.3 Å². The lowest BCUT2D eigenvalue weighted by Crippen LogP contribution is -2.25. The van der Waals surface area contributed by atoms with Gasteiger partial charge in [0.2, 0.25) is 0 Å². The van der Waals surface area contributed by atoms with E-state index in [1.165, 1.54) is 5.56 Å². The van der Waals surface area contributed by atoms with Gasteiger partial charge in [-0.3, -0.25) is 9.59 Å². The Hall–Kier alpha value is -8.30. The summed E-state index contributed by atoms with van der Waals surface area (Å²) in [7, 11) is 0. The highest BCUT2D eigenvalue weighted by atomic mass is 79.9. The minimum atomic E-state index is -0.297. The molecule has 2 atom stereocenters. The summed E-state index contributed by atoms with van der Waals surface area (Å²) in [6.45, 7) is 9.67. The van der Waals surface area contributed by atoms with Gasteiger partial charge in [-0.2, -0.15) is 0 Å². The van der Waals surface area contributed by atoms with Crippen molar-refractivity contribution in [2.75, 3.05) is 19.8 Å². The van der Waals surface area contributed by atoms with Crippen molar-refractivity contribution < 1.29 is 55.4 Å². The van der Waals surface area contributed by atoms with E-state index >= 15 is 0 Å². The fourth-order valence-electron chi connectivity index (χ4n) is 8.76. The first-order valence-electron chi connectivity index (χ1n) is 29.3. The number of nitrogens with two attached hydrogens (primary N) is 2.